The van der Waals surface area contributed by atoms with Crippen molar-refractivity contribution in [3.63, 3.8) is 0 Å². The maximum absolute atomic E-state index is 12.6. The quantitative estimate of drug-likeness (QED) is 0.742. The van der Waals surface area contributed by atoms with E-state index in [2.05, 4.69) is 10.3 Å². The zero-order valence-corrected chi connectivity index (χ0v) is 14.4. The van der Waals surface area contributed by atoms with Gasteiger partial charge in [0.2, 0.25) is 5.91 Å². The van der Waals surface area contributed by atoms with Gasteiger partial charge in [0.15, 0.2) is 0 Å². The van der Waals surface area contributed by atoms with Gasteiger partial charge in [-0.1, -0.05) is 0 Å². The van der Waals surface area contributed by atoms with Crippen LogP contribution in [0.4, 0.5) is 0 Å². The van der Waals surface area contributed by atoms with Crippen LogP contribution in [0.3, 0.4) is 0 Å². The summed E-state index contributed by atoms with van der Waals surface area (Å²) < 4.78 is 5.02. The maximum Gasteiger partial charge on any atom is 0.340 e. The third kappa shape index (κ3) is 4.34. The predicted octanol–water partition coefficient (Wildman–Crippen LogP) is 1.41. The van der Waals surface area contributed by atoms with Crippen molar-refractivity contribution in [1.29, 1.82) is 0 Å². The molecule has 7 heteroatoms. The number of carbonyl (C=O) groups excluding carboxylic acids is 3. The average molecular weight is 323 g/mol. The van der Waals surface area contributed by atoms with E-state index >= 15 is 0 Å². The van der Waals surface area contributed by atoms with Gasteiger partial charge in [-0.25, -0.2) is 4.79 Å². The number of carbonyl (C=O) groups is 3. The number of amides is 2. The molecule has 1 rings (SSSR count). The van der Waals surface area contributed by atoms with Crippen molar-refractivity contribution in [2.24, 2.45) is 0 Å². The van der Waals surface area contributed by atoms with E-state index in [-0.39, 0.29) is 25.0 Å². The molecule has 0 aromatic carbocycles. The van der Waals surface area contributed by atoms with Crippen molar-refractivity contribution in [3.05, 3.63) is 22.5 Å². The Bertz CT molecular complexity index is 592. The van der Waals surface area contributed by atoms with E-state index in [4.69, 9.17) is 4.74 Å². The van der Waals surface area contributed by atoms with Crippen LogP contribution in [0.2, 0.25) is 0 Å². The molecule has 2 amide bonds. The fourth-order valence-corrected chi connectivity index (χ4v) is 2.39. The van der Waals surface area contributed by atoms with Crippen LogP contribution in [0.1, 0.15) is 52.9 Å². The molecule has 0 atom stereocenters. The zero-order valence-electron chi connectivity index (χ0n) is 14.4. The molecule has 1 heterocycles. The van der Waals surface area contributed by atoms with Gasteiger partial charge in [0.05, 0.1) is 18.7 Å². The molecular formula is C16H25N3O4. The molecule has 1 aromatic rings. The number of hydrogen-bond acceptors (Lipinski definition) is 4. The lowest BCUT2D eigenvalue weighted by Gasteiger charge is -2.20. The minimum absolute atomic E-state index is 0.0184. The van der Waals surface area contributed by atoms with Crippen molar-refractivity contribution in [2.45, 2.75) is 34.6 Å². The number of likely N-dealkylation sites (N-methyl/N-ethyl adjacent to an activating group) is 2. The first-order valence-corrected chi connectivity index (χ1v) is 7.79. The molecule has 0 aliphatic rings. The second-order valence-electron chi connectivity index (χ2n) is 5.12. The largest absolute Gasteiger partial charge is 0.462 e. The SMILES string of the molecule is CCNC(=O)CN(CC)C(=O)c1[nH]c(C)c(C(=O)OCC)c1C. The molecule has 0 bridgehead atoms. The number of ether oxygens (including phenoxy) is 1. The van der Waals surface area contributed by atoms with E-state index < -0.39 is 5.97 Å². The van der Waals surface area contributed by atoms with Crippen molar-refractivity contribution >= 4 is 17.8 Å². The number of rotatable bonds is 7. The van der Waals surface area contributed by atoms with Gasteiger partial charge >= 0.3 is 5.97 Å². The van der Waals surface area contributed by atoms with Crippen molar-refractivity contribution in [1.82, 2.24) is 15.2 Å². The number of aryl methyl sites for hydroxylation is 1. The van der Waals surface area contributed by atoms with Crippen LogP contribution in [0.5, 0.6) is 0 Å². The number of H-pyrrole nitrogens is 1. The van der Waals surface area contributed by atoms with Gasteiger partial charge in [-0.15, -0.1) is 0 Å². The fraction of sp³-hybridized carbons (Fsp3) is 0.562. The number of aromatic amines is 1. The highest BCUT2D eigenvalue weighted by atomic mass is 16.5. The monoisotopic (exact) mass is 323 g/mol. The van der Waals surface area contributed by atoms with E-state index in [1.54, 1.807) is 27.7 Å². The maximum atomic E-state index is 12.6. The molecule has 0 spiro atoms. The zero-order chi connectivity index (χ0) is 17.6. The Hall–Kier alpha value is -2.31. The van der Waals surface area contributed by atoms with Gasteiger partial charge in [-0.05, 0) is 40.2 Å². The molecule has 0 unspecified atom stereocenters. The first kappa shape index (κ1) is 18.7. The summed E-state index contributed by atoms with van der Waals surface area (Å²) >= 11 is 0. The van der Waals surface area contributed by atoms with Gasteiger partial charge < -0.3 is 19.9 Å². The molecule has 0 aliphatic carbocycles. The number of hydrogen-bond donors (Lipinski definition) is 2. The Morgan fingerprint density at radius 2 is 1.83 bits per heavy atom. The second-order valence-corrected chi connectivity index (χ2v) is 5.12. The lowest BCUT2D eigenvalue weighted by Crippen LogP contribution is -2.40. The van der Waals surface area contributed by atoms with E-state index in [0.717, 1.165) is 0 Å². The van der Waals surface area contributed by atoms with E-state index in [1.165, 1.54) is 4.90 Å². The minimum Gasteiger partial charge on any atom is -0.462 e. The highest BCUT2D eigenvalue weighted by Gasteiger charge is 2.26. The third-order valence-corrected chi connectivity index (χ3v) is 3.51. The molecule has 0 saturated carbocycles. The van der Waals surface area contributed by atoms with Crippen LogP contribution in [-0.2, 0) is 9.53 Å². The highest BCUT2D eigenvalue weighted by Crippen LogP contribution is 2.20. The Morgan fingerprint density at radius 3 is 2.35 bits per heavy atom. The van der Waals surface area contributed by atoms with Crippen LogP contribution < -0.4 is 5.32 Å². The van der Waals surface area contributed by atoms with E-state index in [9.17, 15) is 14.4 Å². The van der Waals surface area contributed by atoms with Gasteiger partial charge in [-0.3, -0.25) is 9.59 Å². The van der Waals surface area contributed by atoms with Crippen LogP contribution in [0.25, 0.3) is 0 Å². The summed E-state index contributed by atoms with van der Waals surface area (Å²) in [6.45, 7) is 9.92. The summed E-state index contributed by atoms with van der Waals surface area (Å²) in [5.74, 6) is -0.978. The van der Waals surface area contributed by atoms with Crippen molar-refractivity contribution in [2.75, 3.05) is 26.2 Å². The predicted molar refractivity (Wildman–Crippen MR) is 86.5 cm³/mol. The molecule has 128 valence electrons. The molecule has 0 aliphatic heterocycles. The van der Waals surface area contributed by atoms with Gasteiger partial charge in [0.1, 0.15) is 5.69 Å². The van der Waals surface area contributed by atoms with E-state index in [1.807, 2.05) is 6.92 Å². The summed E-state index contributed by atoms with van der Waals surface area (Å²) in [4.78, 5) is 40.7. The Labute approximate surface area is 136 Å². The Balaban J connectivity index is 3.05. The Kier molecular flexibility index (Phi) is 6.81. The number of esters is 1. The smallest absolute Gasteiger partial charge is 0.340 e. The summed E-state index contributed by atoms with van der Waals surface area (Å²) in [6.07, 6.45) is 0. The van der Waals surface area contributed by atoms with Gasteiger partial charge in [-0.2, -0.15) is 0 Å². The molecule has 0 radical (unpaired) electrons. The lowest BCUT2D eigenvalue weighted by atomic mass is 10.1. The van der Waals surface area contributed by atoms with Crippen LogP contribution >= 0.6 is 0 Å². The summed E-state index contributed by atoms with van der Waals surface area (Å²) in [7, 11) is 0. The van der Waals surface area contributed by atoms with Crippen LogP contribution in [-0.4, -0.2) is 53.9 Å². The van der Waals surface area contributed by atoms with Gasteiger partial charge in [0.25, 0.3) is 5.91 Å². The molecule has 1 aromatic heterocycles. The van der Waals surface area contributed by atoms with Gasteiger partial charge in [0, 0.05) is 18.8 Å². The average Bonchev–Trinajstić information content (AvgIpc) is 2.79. The fourth-order valence-electron chi connectivity index (χ4n) is 2.39. The topological polar surface area (TPSA) is 91.5 Å². The first-order chi connectivity index (χ1) is 10.9. The third-order valence-electron chi connectivity index (χ3n) is 3.51. The normalized spacial score (nSPS) is 10.3. The minimum atomic E-state index is -0.454. The Morgan fingerprint density at radius 1 is 1.17 bits per heavy atom. The number of aromatic nitrogens is 1. The highest BCUT2D eigenvalue weighted by molar-refractivity contribution is 6.01. The number of nitrogens with one attached hydrogen (secondary N) is 2. The number of nitrogens with zero attached hydrogens (tertiary/aromatic N) is 1. The molecule has 0 fully saturated rings. The standard InChI is InChI=1S/C16H25N3O4/c1-6-17-12(20)9-19(7-2)15(21)14-10(4)13(11(5)18-14)16(22)23-8-3/h18H,6-9H2,1-5H3,(H,17,20). The molecule has 2 N–H and O–H groups in total. The molecule has 7 nitrogen and oxygen atoms in total. The van der Waals surface area contributed by atoms with Crippen molar-refractivity contribution in [3.8, 4) is 0 Å². The summed E-state index contributed by atoms with van der Waals surface area (Å²) in [5.41, 5.74) is 1.82. The van der Waals surface area contributed by atoms with E-state index in [0.29, 0.717) is 35.6 Å². The van der Waals surface area contributed by atoms with Crippen LogP contribution in [0.15, 0.2) is 0 Å². The second kappa shape index (κ2) is 8.36. The molecule has 23 heavy (non-hydrogen) atoms. The van der Waals surface area contributed by atoms with Crippen LogP contribution in [0, 0.1) is 13.8 Å². The summed E-state index contributed by atoms with van der Waals surface area (Å²) in [5, 5.41) is 2.67. The molecular weight excluding hydrogens is 298 g/mol. The lowest BCUT2D eigenvalue weighted by molar-refractivity contribution is -0.121. The first-order valence-electron chi connectivity index (χ1n) is 7.79. The summed E-state index contributed by atoms with van der Waals surface area (Å²) in [6, 6.07) is 0. The molecule has 0 saturated heterocycles. The van der Waals surface area contributed by atoms with Crippen molar-refractivity contribution < 1.29 is 19.1 Å².